The third-order valence-corrected chi connectivity index (χ3v) is 2.38. The van der Waals surface area contributed by atoms with Crippen LogP contribution in [0.5, 0.6) is 0 Å². The van der Waals surface area contributed by atoms with E-state index in [0.29, 0.717) is 0 Å². The molecule has 2 heterocycles. The van der Waals surface area contributed by atoms with Crippen LogP contribution in [0.1, 0.15) is 19.3 Å². The number of nitrogens with one attached hydrogen (secondary N) is 1. The fourth-order valence-electron chi connectivity index (χ4n) is 1.75. The molecule has 0 aromatic heterocycles. The molecule has 1 fully saturated rings. The molecule has 0 radical (unpaired) electrons. The van der Waals surface area contributed by atoms with Gasteiger partial charge in [-0.25, -0.2) is 0 Å². The van der Waals surface area contributed by atoms with E-state index in [1.807, 2.05) is 0 Å². The molecule has 1 saturated heterocycles. The number of allylic oxidation sites excluding steroid dienone is 1. The van der Waals surface area contributed by atoms with Gasteiger partial charge in [-0.1, -0.05) is 6.08 Å². The van der Waals surface area contributed by atoms with Gasteiger partial charge in [0.25, 0.3) is 0 Å². The van der Waals surface area contributed by atoms with Crippen LogP contribution in [0.4, 0.5) is 0 Å². The largest absolute Gasteiger partial charge is 0.362 e. The first-order valence-corrected chi connectivity index (χ1v) is 4.10. The van der Waals surface area contributed by atoms with Crippen molar-refractivity contribution in [2.24, 2.45) is 0 Å². The van der Waals surface area contributed by atoms with Crippen LogP contribution in [-0.2, 0) is 0 Å². The van der Waals surface area contributed by atoms with Crippen molar-refractivity contribution in [3.63, 3.8) is 0 Å². The molecule has 2 aliphatic heterocycles. The van der Waals surface area contributed by atoms with E-state index in [1.165, 1.54) is 25.8 Å². The highest BCUT2D eigenvalue weighted by atomic mass is 15.3. The summed E-state index contributed by atoms with van der Waals surface area (Å²) in [4.78, 5) is 2.41. The average Bonchev–Trinajstić information content (AvgIpc) is 2.05. The molecular weight excluding hydrogens is 124 g/mol. The molecule has 0 aromatic carbocycles. The molecule has 0 bridgehead atoms. The first kappa shape index (κ1) is 6.23. The van der Waals surface area contributed by atoms with Gasteiger partial charge < -0.3 is 4.90 Å². The summed E-state index contributed by atoms with van der Waals surface area (Å²) in [5, 5.41) is 3.36. The smallest absolute Gasteiger partial charge is 0.0679 e. The zero-order chi connectivity index (χ0) is 6.81. The monoisotopic (exact) mass is 138 g/mol. The SMILES string of the molecule is C1=CN2CNCCC2CC1. The molecular formula is C8H14N2. The van der Waals surface area contributed by atoms with E-state index in [9.17, 15) is 0 Å². The molecule has 0 spiro atoms. The molecule has 2 aliphatic rings. The molecule has 0 saturated carbocycles. The summed E-state index contributed by atoms with van der Waals surface area (Å²) in [6, 6.07) is 0.839. The first-order chi connectivity index (χ1) is 4.97. The minimum Gasteiger partial charge on any atom is -0.362 e. The number of hydrogen-bond donors (Lipinski definition) is 1. The van der Waals surface area contributed by atoms with E-state index in [4.69, 9.17) is 0 Å². The summed E-state index contributed by atoms with van der Waals surface area (Å²) in [5.74, 6) is 0. The van der Waals surface area contributed by atoms with Crippen molar-refractivity contribution in [2.45, 2.75) is 25.3 Å². The topological polar surface area (TPSA) is 15.3 Å². The Bertz CT molecular complexity index is 142. The number of rotatable bonds is 0. The molecule has 0 aromatic rings. The zero-order valence-corrected chi connectivity index (χ0v) is 6.21. The van der Waals surface area contributed by atoms with Gasteiger partial charge in [-0.2, -0.15) is 0 Å². The Morgan fingerprint density at radius 2 is 2.40 bits per heavy atom. The molecule has 1 unspecified atom stereocenters. The second-order valence-electron chi connectivity index (χ2n) is 3.08. The maximum absolute atomic E-state index is 3.36. The quantitative estimate of drug-likeness (QED) is 0.535. The van der Waals surface area contributed by atoms with E-state index in [2.05, 4.69) is 22.5 Å². The zero-order valence-electron chi connectivity index (χ0n) is 6.21. The third kappa shape index (κ3) is 1.03. The molecule has 2 nitrogen and oxygen atoms in total. The molecule has 1 N–H and O–H groups in total. The van der Waals surface area contributed by atoms with Gasteiger partial charge >= 0.3 is 0 Å². The Kier molecular flexibility index (Phi) is 1.63. The number of fused-ring (bicyclic) bond motifs is 1. The Hall–Kier alpha value is -0.500. The summed E-state index contributed by atoms with van der Waals surface area (Å²) in [5.41, 5.74) is 0. The van der Waals surface area contributed by atoms with Crippen LogP contribution in [0.15, 0.2) is 12.3 Å². The first-order valence-electron chi connectivity index (χ1n) is 4.10. The van der Waals surface area contributed by atoms with Crippen LogP contribution >= 0.6 is 0 Å². The van der Waals surface area contributed by atoms with Crippen LogP contribution in [0.25, 0.3) is 0 Å². The fraction of sp³-hybridized carbons (Fsp3) is 0.750. The van der Waals surface area contributed by atoms with Gasteiger partial charge in [0, 0.05) is 6.04 Å². The molecule has 2 rings (SSSR count). The standard InChI is InChI=1S/C8H14N2/c1-2-6-10-7-9-5-4-8(10)3-1/h2,6,8-9H,1,3-5,7H2. The van der Waals surface area contributed by atoms with E-state index < -0.39 is 0 Å². The van der Waals surface area contributed by atoms with Gasteiger partial charge in [0.2, 0.25) is 0 Å². The minimum atomic E-state index is 0.839. The lowest BCUT2D eigenvalue weighted by Crippen LogP contribution is -2.46. The van der Waals surface area contributed by atoms with Crippen molar-refractivity contribution >= 4 is 0 Å². The average molecular weight is 138 g/mol. The summed E-state index contributed by atoms with van der Waals surface area (Å²) in [6.07, 6.45) is 8.47. The summed E-state index contributed by atoms with van der Waals surface area (Å²) < 4.78 is 0. The van der Waals surface area contributed by atoms with Crippen molar-refractivity contribution in [3.05, 3.63) is 12.3 Å². The Morgan fingerprint density at radius 1 is 1.40 bits per heavy atom. The van der Waals surface area contributed by atoms with Crippen LogP contribution in [-0.4, -0.2) is 24.2 Å². The van der Waals surface area contributed by atoms with Crippen LogP contribution in [0, 0.1) is 0 Å². The number of hydrogen-bond acceptors (Lipinski definition) is 2. The second-order valence-corrected chi connectivity index (χ2v) is 3.08. The lowest BCUT2D eigenvalue weighted by molar-refractivity contribution is 0.183. The maximum Gasteiger partial charge on any atom is 0.0679 e. The fourth-order valence-corrected chi connectivity index (χ4v) is 1.75. The van der Waals surface area contributed by atoms with Crippen LogP contribution < -0.4 is 5.32 Å². The molecule has 2 heteroatoms. The summed E-state index contributed by atoms with van der Waals surface area (Å²) in [6.45, 7) is 2.26. The predicted molar refractivity (Wildman–Crippen MR) is 41.5 cm³/mol. The summed E-state index contributed by atoms with van der Waals surface area (Å²) in [7, 11) is 0. The minimum absolute atomic E-state index is 0.839. The van der Waals surface area contributed by atoms with E-state index in [-0.39, 0.29) is 0 Å². The maximum atomic E-state index is 3.36. The van der Waals surface area contributed by atoms with E-state index >= 15 is 0 Å². The second kappa shape index (κ2) is 2.62. The molecule has 0 amide bonds. The van der Waals surface area contributed by atoms with Gasteiger partial charge in [0.05, 0.1) is 6.67 Å². The van der Waals surface area contributed by atoms with Crippen molar-refractivity contribution in [1.82, 2.24) is 10.2 Å². The van der Waals surface area contributed by atoms with Crippen molar-refractivity contribution in [1.29, 1.82) is 0 Å². The normalized spacial score (nSPS) is 32.0. The molecule has 0 aliphatic carbocycles. The number of nitrogens with zero attached hydrogens (tertiary/aromatic N) is 1. The third-order valence-electron chi connectivity index (χ3n) is 2.38. The van der Waals surface area contributed by atoms with Crippen LogP contribution in [0.3, 0.4) is 0 Å². The molecule has 10 heavy (non-hydrogen) atoms. The summed E-state index contributed by atoms with van der Waals surface area (Å²) >= 11 is 0. The van der Waals surface area contributed by atoms with Gasteiger partial charge in [-0.15, -0.1) is 0 Å². The molecule has 1 atom stereocenters. The van der Waals surface area contributed by atoms with Crippen molar-refractivity contribution in [3.8, 4) is 0 Å². The van der Waals surface area contributed by atoms with Crippen molar-refractivity contribution in [2.75, 3.05) is 13.2 Å². The Labute approximate surface area is 61.9 Å². The van der Waals surface area contributed by atoms with E-state index in [1.54, 1.807) is 0 Å². The van der Waals surface area contributed by atoms with Gasteiger partial charge in [-0.3, -0.25) is 5.32 Å². The van der Waals surface area contributed by atoms with Crippen LogP contribution in [0.2, 0.25) is 0 Å². The Morgan fingerprint density at radius 3 is 3.30 bits per heavy atom. The van der Waals surface area contributed by atoms with Gasteiger partial charge in [-0.05, 0) is 32.0 Å². The van der Waals surface area contributed by atoms with Crippen molar-refractivity contribution < 1.29 is 0 Å². The lowest BCUT2D eigenvalue weighted by atomic mass is 10.0. The highest BCUT2D eigenvalue weighted by Gasteiger charge is 2.20. The van der Waals surface area contributed by atoms with Gasteiger partial charge in [0.1, 0.15) is 0 Å². The highest BCUT2D eigenvalue weighted by Crippen LogP contribution is 2.18. The van der Waals surface area contributed by atoms with E-state index in [0.717, 1.165) is 12.7 Å². The molecule has 56 valence electrons. The predicted octanol–water partition coefficient (Wildman–Crippen LogP) is 0.915. The highest BCUT2D eigenvalue weighted by molar-refractivity contribution is 4.94. The lowest BCUT2D eigenvalue weighted by Gasteiger charge is -2.37. The Balaban J connectivity index is 2.03. The van der Waals surface area contributed by atoms with Gasteiger partial charge in [0.15, 0.2) is 0 Å².